The summed E-state index contributed by atoms with van der Waals surface area (Å²) in [7, 11) is 0. The fourth-order valence-electron chi connectivity index (χ4n) is 3.85. The summed E-state index contributed by atoms with van der Waals surface area (Å²) in [4.78, 5) is 2.84. The minimum absolute atomic E-state index is 0.391. The van der Waals surface area contributed by atoms with Crippen molar-refractivity contribution >= 4 is 0 Å². The van der Waals surface area contributed by atoms with Gasteiger partial charge in [-0.2, -0.15) is 0 Å². The van der Waals surface area contributed by atoms with Crippen LogP contribution in [0.5, 0.6) is 0 Å². The van der Waals surface area contributed by atoms with E-state index in [1.54, 1.807) is 0 Å². The molecule has 0 amide bonds. The highest BCUT2D eigenvalue weighted by Gasteiger charge is 2.25. The summed E-state index contributed by atoms with van der Waals surface area (Å²) in [6.07, 6.45) is 22.4. The molecule has 0 radical (unpaired) electrons. The average molecular weight is 354 g/mol. The zero-order valence-corrected chi connectivity index (χ0v) is 18.7. The molecular weight excluding hydrogens is 302 g/mol. The lowest BCUT2D eigenvalue weighted by molar-refractivity contribution is 0.102. The zero-order valence-electron chi connectivity index (χ0n) is 18.7. The highest BCUT2D eigenvalue weighted by molar-refractivity contribution is 4.81. The Balaban J connectivity index is 4.24. The molecule has 0 aliphatic heterocycles. The monoisotopic (exact) mass is 353 g/mol. The van der Waals surface area contributed by atoms with Crippen molar-refractivity contribution in [3.63, 3.8) is 0 Å². The molecule has 0 unspecified atom stereocenters. The number of hydrogen-bond donors (Lipinski definition) is 0. The van der Waals surface area contributed by atoms with Gasteiger partial charge in [0.05, 0.1) is 0 Å². The van der Waals surface area contributed by atoms with E-state index in [0.717, 1.165) is 0 Å². The molecule has 0 spiro atoms. The van der Waals surface area contributed by atoms with E-state index >= 15 is 0 Å². The summed E-state index contributed by atoms with van der Waals surface area (Å²) < 4.78 is 0. The predicted octanol–water partition coefficient (Wildman–Crippen LogP) is 8.37. The largest absolute Gasteiger partial charge is 0.298 e. The van der Waals surface area contributed by atoms with Crippen LogP contribution in [-0.4, -0.2) is 23.5 Å². The molecule has 0 rings (SSSR count). The molecular formula is C24H51N. The van der Waals surface area contributed by atoms with Crippen molar-refractivity contribution in [2.45, 2.75) is 143 Å². The molecule has 152 valence electrons. The van der Waals surface area contributed by atoms with E-state index in [4.69, 9.17) is 0 Å². The van der Waals surface area contributed by atoms with Gasteiger partial charge in [0, 0.05) is 5.54 Å². The molecule has 0 bridgehead atoms. The maximum absolute atomic E-state index is 2.84. The van der Waals surface area contributed by atoms with Crippen LogP contribution in [0.4, 0.5) is 0 Å². The third-order valence-corrected chi connectivity index (χ3v) is 5.81. The molecule has 0 heterocycles. The first-order valence-electron chi connectivity index (χ1n) is 11.8. The van der Waals surface area contributed by atoms with Crippen molar-refractivity contribution in [1.82, 2.24) is 4.90 Å². The molecule has 0 aromatic rings. The molecule has 0 aromatic carbocycles. The summed E-state index contributed by atoms with van der Waals surface area (Å²) in [5, 5.41) is 0. The molecule has 0 saturated heterocycles. The van der Waals surface area contributed by atoms with Gasteiger partial charge in [0.1, 0.15) is 0 Å². The standard InChI is InChI=1S/C24H51N/c1-6-9-12-15-18-21-24(4,5)25(22-19-16-13-10-7-2)23-20-17-14-11-8-3/h6-23H2,1-5H3. The number of hydrogen-bond acceptors (Lipinski definition) is 1. The Hall–Kier alpha value is -0.0400. The van der Waals surface area contributed by atoms with Gasteiger partial charge in [-0.15, -0.1) is 0 Å². The van der Waals surface area contributed by atoms with Gasteiger partial charge in [-0.05, 0) is 46.2 Å². The molecule has 0 aromatic heterocycles. The molecule has 0 aliphatic carbocycles. The van der Waals surface area contributed by atoms with Crippen molar-refractivity contribution in [3.05, 3.63) is 0 Å². The number of rotatable bonds is 19. The summed E-state index contributed by atoms with van der Waals surface area (Å²) in [5.41, 5.74) is 0.391. The first-order valence-corrected chi connectivity index (χ1v) is 11.8. The van der Waals surface area contributed by atoms with Crippen LogP contribution < -0.4 is 0 Å². The van der Waals surface area contributed by atoms with Gasteiger partial charge >= 0.3 is 0 Å². The minimum Gasteiger partial charge on any atom is -0.298 e. The maximum Gasteiger partial charge on any atom is 0.0153 e. The smallest absolute Gasteiger partial charge is 0.0153 e. The van der Waals surface area contributed by atoms with Crippen LogP contribution in [0.3, 0.4) is 0 Å². The fraction of sp³-hybridized carbons (Fsp3) is 1.00. The highest BCUT2D eigenvalue weighted by Crippen LogP contribution is 2.24. The topological polar surface area (TPSA) is 3.24 Å². The fourth-order valence-corrected chi connectivity index (χ4v) is 3.85. The van der Waals surface area contributed by atoms with Gasteiger partial charge in [0.2, 0.25) is 0 Å². The maximum atomic E-state index is 2.84. The van der Waals surface area contributed by atoms with Crippen LogP contribution in [0.1, 0.15) is 137 Å². The van der Waals surface area contributed by atoms with E-state index in [-0.39, 0.29) is 0 Å². The minimum atomic E-state index is 0.391. The molecule has 0 N–H and O–H groups in total. The van der Waals surface area contributed by atoms with Gasteiger partial charge < -0.3 is 0 Å². The summed E-state index contributed by atoms with van der Waals surface area (Å²) in [6.45, 7) is 14.6. The number of unbranched alkanes of at least 4 members (excludes halogenated alkanes) is 12. The van der Waals surface area contributed by atoms with Crippen LogP contribution in [0, 0.1) is 0 Å². The van der Waals surface area contributed by atoms with Crippen molar-refractivity contribution in [2.24, 2.45) is 0 Å². The van der Waals surface area contributed by atoms with E-state index in [1.807, 2.05) is 0 Å². The van der Waals surface area contributed by atoms with Crippen LogP contribution in [0.15, 0.2) is 0 Å². The van der Waals surface area contributed by atoms with E-state index in [2.05, 4.69) is 39.5 Å². The van der Waals surface area contributed by atoms with Crippen molar-refractivity contribution in [1.29, 1.82) is 0 Å². The Kier molecular flexibility index (Phi) is 17.3. The first kappa shape index (κ1) is 25.0. The normalized spacial score (nSPS) is 12.2. The first-order chi connectivity index (χ1) is 12.1. The zero-order chi connectivity index (χ0) is 18.8. The molecule has 25 heavy (non-hydrogen) atoms. The molecule has 0 saturated carbocycles. The van der Waals surface area contributed by atoms with Gasteiger partial charge in [0.15, 0.2) is 0 Å². The van der Waals surface area contributed by atoms with Crippen LogP contribution in [-0.2, 0) is 0 Å². The quantitative estimate of drug-likeness (QED) is 0.211. The van der Waals surface area contributed by atoms with Crippen molar-refractivity contribution in [2.75, 3.05) is 13.1 Å². The molecule has 1 nitrogen and oxygen atoms in total. The molecule has 0 atom stereocenters. The summed E-state index contributed by atoms with van der Waals surface area (Å²) in [5.74, 6) is 0. The van der Waals surface area contributed by atoms with E-state index in [9.17, 15) is 0 Å². The summed E-state index contributed by atoms with van der Waals surface area (Å²) in [6, 6.07) is 0. The van der Waals surface area contributed by atoms with Crippen LogP contribution >= 0.6 is 0 Å². The molecule has 1 heteroatoms. The Morgan fingerprint density at radius 2 is 0.840 bits per heavy atom. The highest BCUT2D eigenvalue weighted by atomic mass is 15.2. The number of nitrogens with zero attached hydrogens (tertiary/aromatic N) is 1. The van der Waals surface area contributed by atoms with Crippen molar-refractivity contribution < 1.29 is 0 Å². The van der Waals surface area contributed by atoms with E-state index < -0.39 is 0 Å². The third kappa shape index (κ3) is 14.8. The second-order valence-corrected chi connectivity index (χ2v) is 8.79. The Morgan fingerprint density at radius 1 is 0.480 bits per heavy atom. The van der Waals surface area contributed by atoms with E-state index in [0.29, 0.717) is 5.54 Å². The lowest BCUT2D eigenvalue weighted by Gasteiger charge is -2.39. The molecule has 0 fully saturated rings. The SMILES string of the molecule is CCCCCCCN(CCCCCCC)C(C)(C)CCCCCCC. The third-order valence-electron chi connectivity index (χ3n) is 5.81. The van der Waals surface area contributed by atoms with E-state index in [1.165, 1.54) is 116 Å². The van der Waals surface area contributed by atoms with Gasteiger partial charge in [-0.3, -0.25) is 4.90 Å². The second kappa shape index (κ2) is 17.4. The predicted molar refractivity (Wildman–Crippen MR) is 117 cm³/mol. The van der Waals surface area contributed by atoms with Gasteiger partial charge in [-0.25, -0.2) is 0 Å². The van der Waals surface area contributed by atoms with Gasteiger partial charge in [-0.1, -0.05) is 104 Å². The average Bonchev–Trinajstić information content (AvgIpc) is 2.59. The summed E-state index contributed by atoms with van der Waals surface area (Å²) >= 11 is 0. The molecule has 0 aliphatic rings. The Morgan fingerprint density at radius 3 is 1.24 bits per heavy atom. The Bertz CT molecular complexity index is 245. The van der Waals surface area contributed by atoms with Crippen LogP contribution in [0.25, 0.3) is 0 Å². The van der Waals surface area contributed by atoms with Crippen LogP contribution in [0.2, 0.25) is 0 Å². The Labute approximate surface area is 161 Å². The van der Waals surface area contributed by atoms with Crippen molar-refractivity contribution in [3.8, 4) is 0 Å². The lowest BCUT2D eigenvalue weighted by atomic mass is 9.93. The second-order valence-electron chi connectivity index (χ2n) is 8.79. The van der Waals surface area contributed by atoms with Gasteiger partial charge in [0.25, 0.3) is 0 Å². The lowest BCUT2D eigenvalue weighted by Crippen LogP contribution is -2.45.